The summed E-state index contributed by atoms with van der Waals surface area (Å²) in [4.78, 5) is 4.79. The summed E-state index contributed by atoms with van der Waals surface area (Å²) in [5.74, 6) is 3.47. The van der Waals surface area contributed by atoms with Crippen molar-refractivity contribution in [2.24, 2.45) is 23.7 Å². The van der Waals surface area contributed by atoms with Crippen molar-refractivity contribution in [3.05, 3.63) is 41.1 Å². The number of rotatable bonds is 15. The summed E-state index contributed by atoms with van der Waals surface area (Å²) < 4.78 is 0. The Morgan fingerprint density at radius 1 is 0.688 bits per heavy atom. The summed E-state index contributed by atoms with van der Waals surface area (Å²) in [6.07, 6.45) is 15.1. The van der Waals surface area contributed by atoms with Gasteiger partial charge in [-0.1, -0.05) is 105 Å². The molecule has 1 heterocycles. The third-order valence-electron chi connectivity index (χ3n) is 7.57. The highest BCUT2D eigenvalue weighted by Gasteiger charge is 2.10. The number of fused-ring (bicyclic) bond motifs is 1. The van der Waals surface area contributed by atoms with E-state index in [0.717, 1.165) is 34.9 Å². The van der Waals surface area contributed by atoms with E-state index in [9.17, 15) is 0 Å². The molecule has 0 saturated heterocycles. The molecule has 0 N–H and O–H groups in total. The molecule has 1 nitrogen and oxygen atoms in total. The summed E-state index contributed by atoms with van der Waals surface area (Å²) in [5, 5.41) is 1.36. The molecule has 0 radical (unpaired) electrons. The lowest BCUT2D eigenvalue weighted by molar-refractivity contribution is 0.374. The first-order chi connectivity index (χ1) is 15.3. The molecule has 1 heteroatoms. The van der Waals surface area contributed by atoms with E-state index >= 15 is 0 Å². The summed E-state index contributed by atoms with van der Waals surface area (Å²) in [6, 6.07) is 8.97. The van der Waals surface area contributed by atoms with Crippen LogP contribution < -0.4 is 0 Å². The molecule has 1 aromatic heterocycles. The Labute approximate surface area is 199 Å². The highest BCUT2D eigenvalue weighted by molar-refractivity contribution is 5.83. The number of hydrogen-bond acceptors (Lipinski definition) is 1. The summed E-state index contributed by atoms with van der Waals surface area (Å²) in [5.41, 5.74) is 5.08. The molecular formula is C31H51N. The molecule has 3 unspecified atom stereocenters. The molecule has 2 aromatic rings. The summed E-state index contributed by atoms with van der Waals surface area (Å²) in [7, 11) is 0. The molecule has 0 bridgehead atoms. The average molecular weight is 438 g/mol. The van der Waals surface area contributed by atoms with Gasteiger partial charge in [-0.3, -0.25) is 4.98 Å². The van der Waals surface area contributed by atoms with Crippen LogP contribution in [-0.2, 0) is 6.42 Å². The van der Waals surface area contributed by atoms with Gasteiger partial charge in [0.05, 0.1) is 5.52 Å². The fourth-order valence-corrected chi connectivity index (χ4v) is 5.01. The Kier molecular flexibility index (Phi) is 11.8. The van der Waals surface area contributed by atoms with Crippen LogP contribution in [0.25, 0.3) is 10.9 Å². The zero-order chi connectivity index (χ0) is 23.5. The first-order valence-corrected chi connectivity index (χ1v) is 13.6. The van der Waals surface area contributed by atoms with E-state index in [2.05, 4.69) is 72.7 Å². The standard InChI is InChI=1S/C31H51N/c1-23(2)12-8-13-24(3)14-9-15-25(4)16-10-17-26(5)20-21-29-18-11-19-31-30(29)22-27(6)28(7)32-31/h11,18-19,22-26H,8-10,12-17,20-21H2,1-7H3. The first-order valence-electron chi connectivity index (χ1n) is 13.6. The SMILES string of the molecule is Cc1cc2c(CCC(C)CCCC(C)CCCC(C)CCCC(C)C)cccc2nc1C. The fourth-order valence-electron chi connectivity index (χ4n) is 5.01. The number of pyridine rings is 1. The van der Waals surface area contributed by atoms with Crippen LogP contribution in [0, 0.1) is 37.5 Å². The van der Waals surface area contributed by atoms with E-state index in [0.29, 0.717) is 0 Å². The minimum Gasteiger partial charge on any atom is -0.253 e. The van der Waals surface area contributed by atoms with E-state index in [1.165, 1.54) is 87.1 Å². The highest BCUT2D eigenvalue weighted by Crippen LogP contribution is 2.25. The van der Waals surface area contributed by atoms with Gasteiger partial charge in [0.1, 0.15) is 0 Å². The van der Waals surface area contributed by atoms with Crippen molar-refractivity contribution in [1.29, 1.82) is 0 Å². The van der Waals surface area contributed by atoms with Crippen LogP contribution in [-0.4, -0.2) is 4.98 Å². The van der Waals surface area contributed by atoms with Crippen molar-refractivity contribution in [2.45, 2.75) is 119 Å². The number of nitrogens with zero attached hydrogens (tertiary/aromatic N) is 1. The van der Waals surface area contributed by atoms with Gasteiger partial charge >= 0.3 is 0 Å². The molecular weight excluding hydrogens is 386 g/mol. The second-order valence-electron chi connectivity index (χ2n) is 11.4. The van der Waals surface area contributed by atoms with Crippen molar-refractivity contribution in [3.8, 4) is 0 Å². The van der Waals surface area contributed by atoms with Gasteiger partial charge in [-0.2, -0.15) is 0 Å². The van der Waals surface area contributed by atoms with Gasteiger partial charge in [-0.15, -0.1) is 0 Å². The molecule has 0 saturated carbocycles. The maximum absolute atomic E-state index is 4.79. The predicted octanol–water partition coefficient (Wildman–Crippen LogP) is 9.86. The smallest absolute Gasteiger partial charge is 0.0708 e. The van der Waals surface area contributed by atoms with E-state index in [4.69, 9.17) is 4.98 Å². The maximum atomic E-state index is 4.79. The van der Waals surface area contributed by atoms with Crippen LogP contribution in [0.3, 0.4) is 0 Å². The largest absolute Gasteiger partial charge is 0.253 e. The van der Waals surface area contributed by atoms with Gasteiger partial charge < -0.3 is 0 Å². The fraction of sp³-hybridized carbons (Fsp3) is 0.710. The van der Waals surface area contributed by atoms with Crippen molar-refractivity contribution < 1.29 is 0 Å². The van der Waals surface area contributed by atoms with Crippen LogP contribution in [0.2, 0.25) is 0 Å². The van der Waals surface area contributed by atoms with Gasteiger partial charge in [0.2, 0.25) is 0 Å². The highest BCUT2D eigenvalue weighted by atomic mass is 14.7. The van der Waals surface area contributed by atoms with E-state index in [1.807, 2.05) is 0 Å². The minimum atomic E-state index is 0.804. The second-order valence-corrected chi connectivity index (χ2v) is 11.4. The quantitative estimate of drug-likeness (QED) is 0.270. The summed E-state index contributed by atoms with van der Waals surface area (Å²) >= 11 is 0. The lowest BCUT2D eigenvalue weighted by Gasteiger charge is -2.16. The Bertz CT molecular complexity index is 790. The maximum Gasteiger partial charge on any atom is 0.0708 e. The van der Waals surface area contributed by atoms with Gasteiger partial charge in [0.15, 0.2) is 0 Å². The second kappa shape index (κ2) is 14.0. The Morgan fingerprint density at radius 3 is 1.78 bits per heavy atom. The van der Waals surface area contributed by atoms with Gasteiger partial charge in [-0.25, -0.2) is 0 Å². The first kappa shape index (κ1) is 26.9. The third kappa shape index (κ3) is 9.63. The zero-order valence-corrected chi connectivity index (χ0v) is 22.3. The minimum absolute atomic E-state index is 0.804. The number of aryl methyl sites for hydroxylation is 3. The van der Waals surface area contributed by atoms with E-state index in [-0.39, 0.29) is 0 Å². The monoisotopic (exact) mass is 437 g/mol. The van der Waals surface area contributed by atoms with Crippen LogP contribution in [0.1, 0.15) is 116 Å². The molecule has 1 aromatic carbocycles. The number of benzene rings is 1. The molecule has 0 aliphatic heterocycles. The van der Waals surface area contributed by atoms with E-state index in [1.54, 1.807) is 0 Å². The molecule has 0 fully saturated rings. The number of hydrogen-bond donors (Lipinski definition) is 0. The molecule has 2 rings (SSSR count). The Hall–Kier alpha value is -1.37. The zero-order valence-electron chi connectivity index (χ0n) is 22.3. The van der Waals surface area contributed by atoms with Crippen molar-refractivity contribution >= 4 is 10.9 Å². The lowest BCUT2D eigenvalue weighted by atomic mass is 9.90. The molecule has 0 spiro atoms. The average Bonchev–Trinajstić information content (AvgIpc) is 2.73. The molecule has 32 heavy (non-hydrogen) atoms. The predicted molar refractivity (Wildman–Crippen MR) is 143 cm³/mol. The van der Waals surface area contributed by atoms with Crippen LogP contribution >= 0.6 is 0 Å². The van der Waals surface area contributed by atoms with Crippen LogP contribution in [0.4, 0.5) is 0 Å². The topological polar surface area (TPSA) is 12.9 Å². The third-order valence-corrected chi connectivity index (χ3v) is 7.57. The molecule has 180 valence electrons. The van der Waals surface area contributed by atoms with Gasteiger partial charge in [-0.05, 0) is 73.6 Å². The Morgan fingerprint density at radius 2 is 1.22 bits per heavy atom. The van der Waals surface area contributed by atoms with E-state index < -0.39 is 0 Å². The van der Waals surface area contributed by atoms with Gasteiger partial charge in [0.25, 0.3) is 0 Å². The molecule has 3 atom stereocenters. The Balaban J connectivity index is 1.63. The summed E-state index contributed by atoms with van der Waals surface area (Å²) in [6.45, 7) is 16.4. The van der Waals surface area contributed by atoms with Crippen molar-refractivity contribution in [1.82, 2.24) is 4.98 Å². The van der Waals surface area contributed by atoms with Gasteiger partial charge in [0, 0.05) is 11.1 Å². The molecule has 0 aliphatic rings. The van der Waals surface area contributed by atoms with Crippen LogP contribution in [0.5, 0.6) is 0 Å². The molecule has 0 amide bonds. The van der Waals surface area contributed by atoms with Crippen molar-refractivity contribution in [2.75, 3.05) is 0 Å². The molecule has 0 aliphatic carbocycles. The lowest BCUT2D eigenvalue weighted by Crippen LogP contribution is -2.02. The number of aromatic nitrogens is 1. The van der Waals surface area contributed by atoms with Crippen molar-refractivity contribution in [3.63, 3.8) is 0 Å². The normalized spacial score (nSPS) is 14.8. The van der Waals surface area contributed by atoms with Crippen LogP contribution in [0.15, 0.2) is 24.3 Å².